The van der Waals surface area contributed by atoms with E-state index in [4.69, 9.17) is 0 Å². The van der Waals surface area contributed by atoms with Crippen molar-refractivity contribution in [2.75, 3.05) is 0 Å². The summed E-state index contributed by atoms with van der Waals surface area (Å²) in [6.07, 6.45) is -9.52. The zero-order chi connectivity index (χ0) is 9.28. The third kappa shape index (κ3) is 2.77. The second-order valence-electron chi connectivity index (χ2n) is 1.46. The van der Waals surface area contributed by atoms with E-state index >= 15 is 0 Å². The van der Waals surface area contributed by atoms with Crippen LogP contribution < -0.4 is 0 Å². The molecule has 65 valence electrons. The van der Waals surface area contributed by atoms with Gasteiger partial charge >= 0.3 is 12.1 Å². The Balaban J connectivity index is 4.61. The molecule has 0 unspecified atom stereocenters. The van der Waals surface area contributed by atoms with Gasteiger partial charge in [-0.25, -0.2) is 0 Å². The third-order valence-corrected chi connectivity index (χ3v) is 0.608. The van der Waals surface area contributed by atoms with E-state index in [1.807, 2.05) is 0 Å². The molecular weight excluding hydrogens is 181 g/mol. The molecule has 0 N–H and O–H groups in total. The van der Waals surface area contributed by atoms with Crippen LogP contribution in [-0.2, 0) is 0 Å². The molecule has 0 bridgehead atoms. The lowest BCUT2D eigenvalue weighted by atomic mass is 10.3. The summed E-state index contributed by atoms with van der Waals surface area (Å²) in [4.78, 5) is 0. The van der Waals surface area contributed by atoms with Crippen molar-refractivity contribution < 1.29 is 30.7 Å². The highest BCUT2D eigenvalue weighted by Crippen LogP contribution is 2.36. The Morgan fingerprint density at radius 1 is 0.909 bits per heavy atom. The van der Waals surface area contributed by atoms with Crippen LogP contribution in [0.25, 0.3) is 0 Å². The van der Waals surface area contributed by atoms with E-state index in [0.29, 0.717) is 0 Å². The minimum absolute atomic E-state index is 0.316. The summed E-state index contributed by atoms with van der Waals surface area (Å²) in [5, 5.41) is 0. The van der Waals surface area contributed by atoms with Crippen LogP contribution in [0.4, 0.5) is 30.7 Å². The van der Waals surface area contributed by atoms with Crippen LogP contribution in [0.1, 0.15) is 0 Å². The van der Waals surface area contributed by atoms with Gasteiger partial charge in [0.2, 0.25) is 0 Å². The lowest BCUT2D eigenvalue weighted by Gasteiger charge is -2.13. The van der Waals surface area contributed by atoms with Gasteiger partial charge in [0.1, 0.15) is 6.08 Å². The van der Waals surface area contributed by atoms with E-state index in [2.05, 4.69) is 0 Å². The number of halogens is 7. The molecule has 0 aromatic rings. The van der Waals surface area contributed by atoms with Crippen LogP contribution in [0.3, 0.4) is 0 Å². The summed E-state index contributed by atoms with van der Waals surface area (Å²) in [6, 6.07) is 0. The largest absolute Gasteiger partial charge is 0.458 e. The Labute approximate surface area is 56.3 Å². The topological polar surface area (TPSA) is 0 Å². The van der Waals surface area contributed by atoms with Gasteiger partial charge in [0.25, 0.3) is 6.08 Å². The number of hydrogen-bond donors (Lipinski definition) is 0. The average Bonchev–Trinajstić information content (AvgIpc) is 1.56. The van der Waals surface area contributed by atoms with E-state index in [1.165, 1.54) is 0 Å². The van der Waals surface area contributed by atoms with Crippen molar-refractivity contribution in [3.8, 4) is 0 Å². The van der Waals surface area contributed by atoms with Gasteiger partial charge in [-0.15, -0.1) is 0 Å². The van der Waals surface area contributed by atoms with E-state index in [-0.39, 0.29) is 6.08 Å². The molecule has 0 aliphatic rings. The number of allylic oxidation sites excluding steroid dienone is 1. The van der Waals surface area contributed by atoms with Gasteiger partial charge in [-0.3, -0.25) is 0 Å². The van der Waals surface area contributed by atoms with Crippen molar-refractivity contribution in [2.24, 2.45) is 0 Å². The summed E-state index contributed by atoms with van der Waals surface area (Å²) in [5.41, 5.74) is 0. The molecule has 0 saturated heterocycles. The highest BCUT2D eigenvalue weighted by atomic mass is 19.4. The second-order valence-corrected chi connectivity index (χ2v) is 1.46. The molecule has 0 atom stereocenters. The Kier molecular flexibility index (Phi) is 2.52. The van der Waals surface area contributed by atoms with Crippen molar-refractivity contribution in [1.29, 1.82) is 0 Å². The standard InChI is InChI=1S/C4F7/c5-2(6)1-3(7,8)4(9,10)11. The molecule has 0 aliphatic carbocycles. The molecular formula is C4F7. The molecule has 0 amide bonds. The Morgan fingerprint density at radius 3 is 1.36 bits per heavy atom. The van der Waals surface area contributed by atoms with Crippen molar-refractivity contribution >= 4 is 0 Å². The van der Waals surface area contributed by atoms with Gasteiger partial charge in [-0.2, -0.15) is 30.7 Å². The van der Waals surface area contributed by atoms with Crippen molar-refractivity contribution in [3.05, 3.63) is 12.2 Å². The first kappa shape index (κ1) is 10.2. The number of rotatable bonds is 1. The SMILES string of the molecule is FC(F)=[C]C(F)(F)C(F)(F)F. The first-order chi connectivity index (χ1) is 4.67. The van der Waals surface area contributed by atoms with Crippen LogP contribution >= 0.6 is 0 Å². The molecule has 7 heteroatoms. The fourth-order valence-corrected chi connectivity index (χ4v) is 0.190. The van der Waals surface area contributed by atoms with Gasteiger partial charge in [0, 0.05) is 0 Å². The molecule has 0 spiro atoms. The van der Waals surface area contributed by atoms with E-state index in [1.54, 1.807) is 0 Å². The predicted octanol–water partition coefficient (Wildman–Crippen LogP) is 2.77. The fraction of sp³-hybridized carbons (Fsp3) is 0.500. The van der Waals surface area contributed by atoms with Crippen molar-refractivity contribution in [1.82, 2.24) is 0 Å². The summed E-state index contributed by atoms with van der Waals surface area (Å²) in [5.74, 6) is -5.58. The summed E-state index contributed by atoms with van der Waals surface area (Å²) in [6.45, 7) is 0. The Hall–Kier alpha value is -0.750. The Morgan fingerprint density at radius 2 is 1.27 bits per heavy atom. The van der Waals surface area contributed by atoms with Crippen LogP contribution in [0.5, 0.6) is 0 Å². The molecule has 0 nitrogen and oxygen atoms in total. The molecule has 0 saturated carbocycles. The minimum Gasteiger partial charge on any atom is -0.191 e. The maximum atomic E-state index is 11.4. The first-order valence-electron chi connectivity index (χ1n) is 2.07. The van der Waals surface area contributed by atoms with Gasteiger partial charge in [0.05, 0.1) is 0 Å². The molecule has 11 heavy (non-hydrogen) atoms. The van der Waals surface area contributed by atoms with Gasteiger partial charge in [0.15, 0.2) is 0 Å². The molecule has 0 heterocycles. The molecule has 1 radical (unpaired) electrons. The normalized spacial score (nSPS) is 13.0. The first-order valence-corrected chi connectivity index (χ1v) is 2.07. The fourth-order valence-electron chi connectivity index (χ4n) is 0.190. The number of hydrogen-bond acceptors (Lipinski definition) is 0. The minimum atomic E-state index is -6.02. The lowest BCUT2D eigenvalue weighted by Crippen LogP contribution is -2.34. The average molecular weight is 181 g/mol. The summed E-state index contributed by atoms with van der Waals surface area (Å²) < 4.78 is 77.8. The van der Waals surface area contributed by atoms with Gasteiger partial charge in [-0.05, 0) is 0 Å². The second kappa shape index (κ2) is 2.71. The van der Waals surface area contributed by atoms with Crippen LogP contribution in [0.2, 0.25) is 0 Å². The van der Waals surface area contributed by atoms with Crippen molar-refractivity contribution in [2.45, 2.75) is 12.1 Å². The zero-order valence-electron chi connectivity index (χ0n) is 4.65. The molecule has 0 fully saturated rings. The highest BCUT2D eigenvalue weighted by molar-refractivity contribution is 4.91. The monoisotopic (exact) mass is 181 g/mol. The zero-order valence-corrected chi connectivity index (χ0v) is 4.65. The quantitative estimate of drug-likeness (QED) is 0.545. The van der Waals surface area contributed by atoms with Gasteiger partial charge < -0.3 is 0 Å². The lowest BCUT2D eigenvalue weighted by molar-refractivity contribution is -0.263. The molecule has 0 aromatic heterocycles. The Bertz CT molecular complexity index is 160. The van der Waals surface area contributed by atoms with Gasteiger partial charge in [-0.1, -0.05) is 0 Å². The maximum Gasteiger partial charge on any atom is 0.458 e. The van der Waals surface area contributed by atoms with E-state index in [9.17, 15) is 30.7 Å². The van der Waals surface area contributed by atoms with E-state index < -0.39 is 18.2 Å². The molecule has 0 rings (SSSR count). The predicted molar refractivity (Wildman–Crippen MR) is 20.0 cm³/mol. The van der Waals surface area contributed by atoms with Crippen LogP contribution in [0, 0.1) is 6.08 Å². The smallest absolute Gasteiger partial charge is 0.191 e. The highest BCUT2D eigenvalue weighted by Gasteiger charge is 2.57. The molecule has 0 aliphatic heterocycles. The van der Waals surface area contributed by atoms with Crippen molar-refractivity contribution in [3.63, 3.8) is 0 Å². The molecule has 0 aromatic carbocycles. The summed E-state index contributed by atoms with van der Waals surface area (Å²) >= 11 is 0. The maximum absolute atomic E-state index is 11.4. The van der Waals surface area contributed by atoms with E-state index in [0.717, 1.165) is 0 Å². The number of alkyl halides is 5. The summed E-state index contributed by atoms with van der Waals surface area (Å²) in [7, 11) is 0. The third-order valence-electron chi connectivity index (χ3n) is 0.608. The van der Waals surface area contributed by atoms with Crippen LogP contribution in [0.15, 0.2) is 6.08 Å². The van der Waals surface area contributed by atoms with Crippen LogP contribution in [-0.4, -0.2) is 12.1 Å².